The van der Waals surface area contributed by atoms with Gasteiger partial charge in [0.2, 0.25) is 15.9 Å². The number of rotatable bonds is 8. The third-order valence-corrected chi connectivity index (χ3v) is 4.60. The minimum absolute atomic E-state index is 0.128. The summed E-state index contributed by atoms with van der Waals surface area (Å²) in [6, 6.07) is 5.84. The van der Waals surface area contributed by atoms with Gasteiger partial charge in [-0.05, 0) is 44.5 Å². The predicted octanol–water partition coefficient (Wildman–Crippen LogP) is 1.29. The second-order valence-corrected chi connectivity index (χ2v) is 7.75. The number of hydrogen-bond acceptors (Lipinski definition) is 4. The first-order chi connectivity index (χ1) is 10.2. The van der Waals surface area contributed by atoms with Crippen molar-refractivity contribution in [2.45, 2.75) is 37.1 Å². The van der Waals surface area contributed by atoms with Crippen LogP contribution in [-0.4, -0.2) is 38.1 Å². The van der Waals surface area contributed by atoms with Crippen LogP contribution in [0.5, 0.6) is 0 Å². The summed E-state index contributed by atoms with van der Waals surface area (Å²) >= 11 is 5.71. The van der Waals surface area contributed by atoms with Crippen molar-refractivity contribution in [1.82, 2.24) is 10.0 Å². The van der Waals surface area contributed by atoms with Crippen LogP contribution in [0.2, 0.25) is 5.02 Å². The Labute approximate surface area is 135 Å². The minimum Gasteiger partial charge on any atom is -0.394 e. The summed E-state index contributed by atoms with van der Waals surface area (Å²) in [4.78, 5) is 11.8. The molecule has 0 fully saturated rings. The van der Waals surface area contributed by atoms with Gasteiger partial charge in [-0.15, -0.1) is 0 Å². The molecule has 3 N–H and O–H groups in total. The molecule has 0 saturated carbocycles. The standard InChI is InChI=1S/C14H21ClN2O4S/c1-14(2,10-18)17-13(19)4-3-9-16-22(20,21)12-7-5-11(15)6-8-12/h5-8,16,18H,3-4,9-10H2,1-2H3,(H,17,19). The highest BCUT2D eigenvalue weighted by molar-refractivity contribution is 7.89. The lowest BCUT2D eigenvalue weighted by molar-refractivity contribution is -0.123. The van der Waals surface area contributed by atoms with Crippen LogP contribution in [0.4, 0.5) is 0 Å². The summed E-state index contributed by atoms with van der Waals surface area (Å²) < 4.78 is 26.4. The summed E-state index contributed by atoms with van der Waals surface area (Å²) in [5, 5.41) is 12.2. The van der Waals surface area contributed by atoms with Crippen molar-refractivity contribution >= 4 is 27.5 Å². The van der Waals surface area contributed by atoms with Crippen molar-refractivity contribution in [2.75, 3.05) is 13.2 Å². The monoisotopic (exact) mass is 348 g/mol. The summed E-state index contributed by atoms with van der Waals surface area (Å²) in [6.07, 6.45) is 0.534. The van der Waals surface area contributed by atoms with Crippen LogP contribution in [0.3, 0.4) is 0 Å². The lowest BCUT2D eigenvalue weighted by Crippen LogP contribution is -2.46. The molecular formula is C14H21ClN2O4S. The van der Waals surface area contributed by atoms with Gasteiger partial charge >= 0.3 is 0 Å². The lowest BCUT2D eigenvalue weighted by Gasteiger charge is -2.23. The maximum Gasteiger partial charge on any atom is 0.240 e. The molecular weight excluding hydrogens is 328 g/mol. The van der Waals surface area contributed by atoms with Crippen LogP contribution in [0.25, 0.3) is 0 Å². The topological polar surface area (TPSA) is 95.5 Å². The lowest BCUT2D eigenvalue weighted by atomic mass is 10.1. The predicted molar refractivity (Wildman–Crippen MR) is 85.2 cm³/mol. The van der Waals surface area contributed by atoms with Crippen LogP contribution in [-0.2, 0) is 14.8 Å². The highest BCUT2D eigenvalue weighted by Crippen LogP contribution is 2.13. The zero-order valence-electron chi connectivity index (χ0n) is 12.6. The zero-order valence-corrected chi connectivity index (χ0v) is 14.2. The van der Waals surface area contributed by atoms with E-state index in [0.717, 1.165) is 0 Å². The quantitative estimate of drug-likeness (QED) is 0.617. The maximum atomic E-state index is 12.0. The van der Waals surface area contributed by atoms with Gasteiger partial charge < -0.3 is 10.4 Å². The van der Waals surface area contributed by atoms with E-state index in [4.69, 9.17) is 16.7 Å². The molecule has 0 spiro atoms. The first-order valence-electron chi connectivity index (χ1n) is 6.83. The van der Waals surface area contributed by atoms with E-state index >= 15 is 0 Å². The highest BCUT2D eigenvalue weighted by Gasteiger charge is 2.19. The number of sulfonamides is 1. The van der Waals surface area contributed by atoms with E-state index in [-0.39, 0.29) is 30.4 Å². The Kier molecular flexibility index (Phi) is 6.80. The van der Waals surface area contributed by atoms with Crippen LogP contribution in [0.1, 0.15) is 26.7 Å². The average molecular weight is 349 g/mol. The Morgan fingerprint density at radius 1 is 1.27 bits per heavy atom. The van der Waals surface area contributed by atoms with Gasteiger partial charge in [-0.3, -0.25) is 4.79 Å². The van der Waals surface area contributed by atoms with Crippen molar-refractivity contribution < 1.29 is 18.3 Å². The Morgan fingerprint density at radius 3 is 2.41 bits per heavy atom. The van der Waals surface area contributed by atoms with Crippen molar-refractivity contribution in [3.63, 3.8) is 0 Å². The molecule has 0 radical (unpaired) electrons. The number of carbonyl (C=O) groups excluding carboxylic acids is 1. The largest absolute Gasteiger partial charge is 0.394 e. The molecule has 6 nitrogen and oxygen atoms in total. The Balaban J connectivity index is 2.41. The number of carbonyl (C=O) groups is 1. The molecule has 1 amide bonds. The molecule has 0 aliphatic carbocycles. The van der Waals surface area contributed by atoms with Gasteiger partial charge in [0.25, 0.3) is 0 Å². The van der Waals surface area contributed by atoms with Crippen molar-refractivity contribution in [3.8, 4) is 0 Å². The molecule has 0 heterocycles. The molecule has 0 saturated heterocycles. The second-order valence-electron chi connectivity index (χ2n) is 5.55. The van der Waals surface area contributed by atoms with E-state index in [1.807, 2.05) is 0 Å². The van der Waals surface area contributed by atoms with Gasteiger partial charge in [0.05, 0.1) is 17.0 Å². The molecule has 124 valence electrons. The Morgan fingerprint density at radius 2 is 1.86 bits per heavy atom. The van der Waals surface area contributed by atoms with E-state index in [2.05, 4.69) is 10.0 Å². The fraction of sp³-hybridized carbons (Fsp3) is 0.500. The number of amides is 1. The van der Waals surface area contributed by atoms with Crippen LogP contribution < -0.4 is 10.0 Å². The van der Waals surface area contributed by atoms with Crippen LogP contribution in [0, 0.1) is 0 Å². The molecule has 0 aromatic heterocycles. The number of nitrogens with one attached hydrogen (secondary N) is 2. The van der Waals surface area contributed by atoms with Gasteiger partial charge in [-0.2, -0.15) is 0 Å². The normalized spacial score (nSPS) is 12.2. The number of aliphatic hydroxyl groups excluding tert-OH is 1. The third-order valence-electron chi connectivity index (χ3n) is 2.87. The Hall–Kier alpha value is -1.15. The number of aliphatic hydroxyl groups is 1. The number of benzene rings is 1. The first-order valence-corrected chi connectivity index (χ1v) is 8.69. The summed E-state index contributed by atoms with van der Waals surface area (Å²) in [5.74, 6) is -0.232. The summed E-state index contributed by atoms with van der Waals surface area (Å²) in [5.41, 5.74) is -0.681. The van der Waals surface area contributed by atoms with E-state index in [1.54, 1.807) is 13.8 Å². The molecule has 1 aromatic rings. The van der Waals surface area contributed by atoms with E-state index in [9.17, 15) is 13.2 Å². The summed E-state index contributed by atoms with van der Waals surface area (Å²) in [7, 11) is -3.60. The van der Waals surface area contributed by atoms with Crippen molar-refractivity contribution in [3.05, 3.63) is 29.3 Å². The number of hydrogen-bond donors (Lipinski definition) is 3. The average Bonchev–Trinajstić information content (AvgIpc) is 2.44. The molecule has 1 aromatic carbocycles. The second kappa shape index (κ2) is 7.92. The molecule has 8 heteroatoms. The molecule has 1 rings (SSSR count). The van der Waals surface area contributed by atoms with E-state index in [1.165, 1.54) is 24.3 Å². The van der Waals surface area contributed by atoms with Gasteiger partial charge in [-0.25, -0.2) is 13.1 Å². The van der Waals surface area contributed by atoms with Gasteiger partial charge in [0.1, 0.15) is 0 Å². The number of halogens is 1. The van der Waals surface area contributed by atoms with E-state index in [0.29, 0.717) is 11.4 Å². The van der Waals surface area contributed by atoms with Gasteiger partial charge in [0, 0.05) is 18.0 Å². The third kappa shape index (κ3) is 6.31. The molecule has 0 atom stereocenters. The van der Waals surface area contributed by atoms with Crippen molar-refractivity contribution in [2.24, 2.45) is 0 Å². The van der Waals surface area contributed by atoms with Gasteiger partial charge in [-0.1, -0.05) is 11.6 Å². The van der Waals surface area contributed by atoms with Crippen LogP contribution in [0.15, 0.2) is 29.2 Å². The summed E-state index contributed by atoms with van der Waals surface area (Å²) in [6.45, 7) is 3.39. The SMILES string of the molecule is CC(C)(CO)NC(=O)CCCNS(=O)(=O)c1ccc(Cl)cc1. The zero-order chi connectivity index (χ0) is 16.8. The molecule has 22 heavy (non-hydrogen) atoms. The first kappa shape index (κ1) is 18.9. The Bertz CT molecular complexity index is 600. The van der Waals surface area contributed by atoms with Crippen molar-refractivity contribution in [1.29, 1.82) is 0 Å². The van der Waals surface area contributed by atoms with E-state index < -0.39 is 15.6 Å². The highest BCUT2D eigenvalue weighted by atomic mass is 35.5. The van der Waals surface area contributed by atoms with Crippen LogP contribution >= 0.6 is 11.6 Å². The molecule has 0 unspecified atom stereocenters. The minimum atomic E-state index is -3.60. The molecule has 0 bridgehead atoms. The fourth-order valence-electron chi connectivity index (χ4n) is 1.63. The smallest absolute Gasteiger partial charge is 0.240 e. The molecule has 0 aliphatic rings. The van der Waals surface area contributed by atoms with Gasteiger partial charge in [0.15, 0.2) is 0 Å². The molecule has 0 aliphatic heterocycles. The fourth-order valence-corrected chi connectivity index (χ4v) is 2.83. The maximum absolute atomic E-state index is 12.0.